The van der Waals surface area contributed by atoms with E-state index >= 15 is 0 Å². The van der Waals surface area contributed by atoms with Crippen LogP contribution in [0.15, 0.2) is 17.0 Å². The van der Waals surface area contributed by atoms with Gasteiger partial charge in [0.05, 0.1) is 11.5 Å². The summed E-state index contributed by atoms with van der Waals surface area (Å²) in [6, 6.07) is 3.39. The van der Waals surface area contributed by atoms with Crippen LogP contribution in [-0.2, 0) is 16.6 Å². The van der Waals surface area contributed by atoms with Crippen LogP contribution < -0.4 is 4.72 Å². The Balaban J connectivity index is 2.21. The minimum Gasteiger partial charge on any atom is -0.392 e. The average molecular weight is 297 g/mol. The monoisotopic (exact) mass is 297 g/mol. The Morgan fingerprint density at radius 2 is 1.90 bits per heavy atom. The second-order valence-corrected chi connectivity index (χ2v) is 7.43. The molecule has 0 bridgehead atoms. The number of aryl methyl sites for hydroxylation is 1. The molecule has 2 N–H and O–H groups in total. The average Bonchev–Trinajstić information content (AvgIpc) is 2.92. The van der Waals surface area contributed by atoms with Crippen molar-refractivity contribution < 1.29 is 13.5 Å². The van der Waals surface area contributed by atoms with Gasteiger partial charge in [0.2, 0.25) is 10.0 Å². The van der Waals surface area contributed by atoms with Gasteiger partial charge in [-0.2, -0.15) is 0 Å². The highest BCUT2D eigenvalue weighted by Gasteiger charge is 2.22. The summed E-state index contributed by atoms with van der Waals surface area (Å²) < 4.78 is 27.6. The molecule has 0 amide bonds. The van der Waals surface area contributed by atoms with Crippen molar-refractivity contribution in [2.45, 2.75) is 51.0 Å². The Bertz CT molecular complexity index is 575. The maximum Gasteiger partial charge on any atom is 0.240 e. The predicted octanol–water partition coefficient (Wildman–Crippen LogP) is 2.26. The van der Waals surface area contributed by atoms with E-state index in [2.05, 4.69) is 4.72 Å². The second kappa shape index (κ2) is 6.24. The van der Waals surface area contributed by atoms with E-state index in [9.17, 15) is 13.5 Å². The summed E-state index contributed by atoms with van der Waals surface area (Å²) in [6.45, 7) is 4.04. The second-order valence-electron chi connectivity index (χ2n) is 5.70. The number of hydrogen-bond donors (Lipinski definition) is 2. The molecule has 1 aromatic carbocycles. The Kier molecular flexibility index (Phi) is 4.83. The van der Waals surface area contributed by atoms with Gasteiger partial charge in [0.25, 0.3) is 0 Å². The lowest BCUT2D eigenvalue weighted by atomic mass is 10.1. The van der Waals surface area contributed by atoms with Gasteiger partial charge in [-0.15, -0.1) is 0 Å². The first-order valence-electron chi connectivity index (χ1n) is 7.14. The zero-order chi connectivity index (χ0) is 14.8. The molecule has 1 aliphatic carbocycles. The SMILES string of the molecule is Cc1cc(CO)cc(S(=O)(=O)NCC2CCCC2)c1C. The first-order valence-corrected chi connectivity index (χ1v) is 8.63. The predicted molar refractivity (Wildman–Crippen MR) is 79.0 cm³/mol. The van der Waals surface area contributed by atoms with Crippen molar-refractivity contribution in [1.82, 2.24) is 4.72 Å². The zero-order valence-electron chi connectivity index (χ0n) is 12.1. The quantitative estimate of drug-likeness (QED) is 0.876. The molecular formula is C15H23NO3S. The van der Waals surface area contributed by atoms with Crippen LogP contribution in [0.3, 0.4) is 0 Å². The van der Waals surface area contributed by atoms with Gasteiger partial charge in [0.15, 0.2) is 0 Å². The summed E-state index contributed by atoms with van der Waals surface area (Å²) in [5, 5.41) is 9.23. The highest BCUT2D eigenvalue weighted by molar-refractivity contribution is 7.89. The molecule has 4 nitrogen and oxygen atoms in total. The molecule has 20 heavy (non-hydrogen) atoms. The lowest BCUT2D eigenvalue weighted by Gasteiger charge is -2.15. The van der Waals surface area contributed by atoms with Crippen LogP contribution in [0.25, 0.3) is 0 Å². The minimum atomic E-state index is -3.49. The molecule has 2 rings (SSSR count). The van der Waals surface area contributed by atoms with Crippen molar-refractivity contribution in [1.29, 1.82) is 0 Å². The molecule has 0 atom stereocenters. The van der Waals surface area contributed by atoms with Gasteiger partial charge in [-0.3, -0.25) is 0 Å². The third-order valence-electron chi connectivity index (χ3n) is 4.19. The summed E-state index contributed by atoms with van der Waals surface area (Å²) >= 11 is 0. The summed E-state index contributed by atoms with van der Waals surface area (Å²) in [4.78, 5) is 0.291. The molecule has 112 valence electrons. The lowest BCUT2D eigenvalue weighted by molar-refractivity contribution is 0.281. The van der Waals surface area contributed by atoms with Gasteiger partial charge in [0.1, 0.15) is 0 Å². The van der Waals surface area contributed by atoms with Crippen LogP contribution in [0.1, 0.15) is 42.4 Å². The van der Waals surface area contributed by atoms with Crippen molar-refractivity contribution >= 4 is 10.0 Å². The van der Waals surface area contributed by atoms with Gasteiger partial charge >= 0.3 is 0 Å². The molecule has 0 heterocycles. The number of rotatable bonds is 5. The third-order valence-corrected chi connectivity index (χ3v) is 5.74. The van der Waals surface area contributed by atoms with E-state index in [1.54, 1.807) is 13.0 Å². The van der Waals surface area contributed by atoms with Crippen molar-refractivity contribution in [3.8, 4) is 0 Å². The van der Waals surface area contributed by atoms with Crippen LogP contribution in [0.2, 0.25) is 0 Å². The van der Waals surface area contributed by atoms with Crippen molar-refractivity contribution in [3.05, 3.63) is 28.8 Å². The van der Waals surface area contributed by atoms with Gasteiger partial charge in [0, 0.05) is 6.54 Å². The van der Waals surface area contributed by atoms with E-state index in [-0.39, 0.29) is 6.61 Å². The van der Waals surface area contributed by atoms with Crippen molar-refractivity contribution in [2.24, 2.45) is 5.92 Å². The molecule has 5 heteroatoms. The van der Waals surface area contributed by atoms with Crippen LogP contribution in [0.4, 0.5) is 0 Å². The normalized spacial score (nSPS) is 16.8. The molecule has 1 fully saturated rings. The number of aliphatic hydroxyl groups excluding tert-OH is 1. The van der Waals surface area contributed by atoms with E-state index in [0.29, 0.717) is 22.9 Å². The molecule has 1 aliphatic rings. The highest BCUT2D eigenvalue weighted by atomic mass is 32.2. The van der Waals surface area contributed by atoms with Crippen molar-refractivity contribution in [3.63, 3.8) is 0 Å². The van der Waals surface area contributed by atoms with Crippen LogP contribution in [0.5, 0.6) is 0 Å². The molecular weight excluding hydrogens is 274 g/mol. The molecule has 1 saturated carbocycles. The van der Waals surface area contributed by atoms with E-state index in [4.69, 9.17) is 0 Å². The van der Waals surface area contributed by atoms with Gasteiger partial charge < -0.3 is 5.11 Å². The van der Waals surface area contributed by atoms with Gasteiger partial charge in [-0.05, 0) is 55.4 Å². The van der Waals surface area contributed by atoms with Gasteiger partial charge in [-0.25, -0.2) is 13.1 Å². The molecule has 0 radical (unpaired) electrons. The first-order chi connectivity index (χ1) is 9.44. The molecule has 0 saturated heterocycles. The number of benzene rings is 1. The lowest BCUT2D eigenvalue weighted by Crippen LogP contribution is -2.29. The number of nitrogens with one attached hydrogen (secondary N) is 1. The first kappa shape index (κ1) is 15.5. The summed E-state index contributed by atoms with van der Waals surface area (Å²) in [6.07, 6.45) is 4.61. The Morgan fingerprint density at radius 1 is 1.25 bits per heavy atom. The largest absolute Gasteiger partial charge is 0.392 e. The van der Waals surface area contributed by atoms with Gasteiger partial charge in [-0.1, -0.05) is 18.9 Å². The van der Waals surface area contributed by atoms with E-state index in [0.717, 1.165) is 24.0 Å². The fourth-order valence-electron chi connectivity index (χ4n) is 2.79. The van der Waals surface area contributed by atoms with E-state index in [1.165, 1.54) is 12.8 Å². The van der Waals surface area contributed by atoms with Crippen LogP contribution in [0, 0.1) is 19.8 Å². The Morgan fingerprint density at radius 3 is 2.50 bits per heavy atom. The maximum atomic E-state index is 12.4. The molecule has 0 aromatic heterocycles. The van der Waals surface area contributed by atoms with Crippen molar-refractivity contribution in [2.75, 3.05) is 6.54 Å². The maximum absolute atomic E-state index is 12.4. The molecule has 0 spiro atoms. The summed E-state index contributed by atoms with van der Waals surface area (Å²) in [5.74, 6) is 0.465. The van der Waals surface area contributed by atoms with Crippen LogP contribution in [-0.4, -0.2) is 20.1 Å². The Labute approximate surface area is 121 Å². The smallest absolute Gasteiger partial charge is 0.240 e. The summed E-state index contributed by atoms with van der Waals surface area (Å²) in [7, 11) is -3.49. The third kappa shape index (κ3) is 3.40. The minimum absolute atomic E-state index is 0.147. The zero-order valence-corrected chi connectivity index (χ0v) is 13.0. The highest BCUT2D eigenvalue weighted by Crippen LogP contribution is 2.25. The number of aliphatic hydroxyl groups is 1. The number of hydrogen-bond acceptors (Lipinski definition) is 3. The summed E-state index contributed by atoms with van der Waals surface area (Å²) in [5.41, 5.74) is 2.27. The molecule has 1 aromatic rings. The molecule has 0 unspecified atom stereocenters. The van der Waals surface area contributed by atoms with E-state index < -0.39 is 10.0 Å². The standard InChI is InChI=1S/C15H23NO3S/c1-11-7-14(10-17)8-15(12(11)2)20(18,19)16-9-13-5-3-4-6-13/h7-8,13,16-17H,3-6,9-10H2,1-2H3. The fourth-order valence-corrected chi connectivity index (χ4v) is 4.27. The Hall–Kier alpha value is -0.910. The topological polar surface area (TPSA) is 66.4 Å². The molecule has 0 aliphatic heterocycles. The fraction of sp³-hybridized carbons (Fsp3) is 0.600. The van der Waals surface area contributed by atoms with E-state index in [1.807, 2.05) is 13.0 Å². The number of sulfonamides is 1. The van der Waals surface area contributed by atoms with Crippen LogP contribution >= 0.6 is 0 Å².